The Kier molecular flexibility index (Phi) is 9.09. The van der Waals surface area contributed by atoms with Crippen LogP contribution in [0.2, 0.25) is 0 Å². The van der Waals surface area contributed by atoms with Crippen molar-refractivity contribution in [2.45, 2.75) is 0 Å². The van der Waals surface area contributed by atoms with E-state index in [1.165, 1.54) is 0 Å². The van der Waals surface area contributed by atoms with Gasteiger partial charge in [-0.15, -0.1) is 24.0 Å². The molecule has 1 aromatic heterocycles. The summed E-state index contributed by atoms with van der Waals surface area (Å²) in [5.41, 5.74) is 1.36. The van der Waals surface area contributed by atoms with Crippen LogP contribution in [0.4, 0.5) is 5.69 Å². The van der Waals surface area contributed by atoms with Crippen molar-refractivity contribution < 1.29 is 14.3 Å². The van der Waals surface area contributed by atoms with E-state index in [0.29, 0.717) is 43.5 Å². The number of hydrogen-bond acceptors (Lipinski definition) is 5. The van der Waals surface area contributed by atoms with Crippen LogP contribution in [-0.2, 0) is 11.8 Å². The van der Waals surface area contributed by atoms with Gasteiger partial charge in [0, 0.05) is 52.0 Å². The largest absolute Gasteiger partial charge is 0.497 e. The first-order chi connectivity index (χ1) is 14.5. The van der Waals surface area contributed by atoms with E-state index in [0.717, 1.165) is 5.69 Å². The maximum absolute atomic E-state index is 12.6. The Balaban J connectivity index is 0.00000341. The molecule has 1 fully saturated rings. The Labute approximate surface area is 198 Å². The van der Waals surface area contributed by atoms with E-state index in [-0.39, 0.29) is 42.3 Å². The minimum Gasteiger partial charge on any atom is -0.497 e. The van der Waals surface area contributed by atoms with Crippen molar-refractivity contribution in [2.75, 3.05) is 51.8 Å². The van der Waals surface area contributed by atoms with Gasteiger partial charge in [0.2, 0.25) is 5.91 Å². The van der Waals surface area contributed by atoms with Gasteiger partial charge < -0.3 is 25.2 Å². The van der Waals surface area contributed by atoms with Crippen LogP contribution >= 0.6 is 24.0 Å². The number of nitrogens with zero attached hydrogens (tertiary/aromatic N) is 5. The molecule has 3 rings (SSSR count). The number of piperazine rings is 1. The van der Waals surface area contributed by atoms with Gasteiger partial charge in [0.15, 0.2) is 5.96 Å². The fourth-order valence-corrected chi connectivity index (χ4v) is 3.20. The molecule has 2 heterocycles. The Morgan fingerprint density at radius 2 is 1.90 bits per heavy atom. The molecule has 0 saturated carbocycles. The predicted molar refractivity (Wildman–Crippen MR) is 129 cm³/mol. The van der Waals surface area contributed by atoms with E-state index in [1.54, 1.807) is 54.2 Å². The number of aryl methyl sites for hydroxylation is 1. The summed E-state index contributed by atoms with van der Waals surface area (Å²) in [7, 11) is 5.08. The molecule has 2 aromatic rings. The van der Waals surface area contributed by atoms with Gasteiger partial charge in [-0.1, -0.05) is 0 Å². The van der Waals surface area contributed by atoms with Crippen LogP contribution in [0.5, 0.6) is 5.75 Å². The Morgan fingerprint density at radius 3 is 2.48 bits per heavy atom. The number of benzene rings is 1. The first-order valence-corrected chi connectivity index (χ1v) is 9.68. The van der Waals surface area contributed by atoms with Crippen molar-refractivity contribution in [3.63, 3.8) is 0 Å². The van der Waals surface area contributed by atoms with Crippen molar-refractivity contribution in [2.24, 2.45) is 12.0 Å². The zero-order valence-corrected chi connectivity index (χ0v) is 20.2. The summed E-state index contributed by atoms with van der Waals surface area (Å²) in [6.45, 7) is 2.35. The number of halogens is 1. The summed E-state index contributed by atoms with van der Waals surface area (Å²) >= 11 is 0. The molecule has 1 aliphatic rings. The van der Waals surface area contributed by atoms with Gasteiger partial charge in [-0.25, -0.2) is 0 Å². The molecule has 0 atom stereocenters. The predicted octanol–water partition coefficient (Wildman–Crippen LogP) is 0.701. The Bertz CT molecular complexity index is 914. The SMILES string of the molecule is CN=C(NCCNC(=O)c1ccc(OC)cc1)N1CCN(c2cnn(C)c2)C(=O)C1.I. The highest BCUT2D eigenvalue weighted by atomic mass is 127. The average molecular weight is 541 g/mol. The summed E-state index contributed by atoms with van der Waals surface area (Å²) in [4.78, 5) is 32.6. The molecule has 1 aliphatic heterocycles. The molecule has 0 bridgehead atoms. The molecule has 11 heteroatoms. The van der Waals surface area contributed by atoms with Crippen LogP contribution in [-0.4, -0.2) is 79.3 Å². The molecule has 168 valence electrons. The summed E-state index contributed by atoms with van der Waals surface area (Å²) < 4.78 is 6.77. The second-order valence-corrected chi connectivity index (χ2v) is 6.80. The maximum atomic E-state index is 12.6. The molecule has 0 unspecified atom stereocenters. The fraction of sp³-hybridized carbons (Fsp3) is 0.400. The Morgan fingerprint density at radius 1 is 1.19 bits per heavy atom. The smallest absolute Gasteiger partial charge is 0.251 e. The topological polar surface area (TPSA) is 104 Å². The van der Waals surface area contributed by atoms with Gasteiger partial charge in [0.05, 0.1) is 19.0 Å². The van der Waals surface area contributed by atoms with Crippen LogP contribution in [0.3, 0.4) is 0 Å². The number of hydrogen-bond donors (Lipinski definition) is 2. The van der Waals surface area contributed by atoms with Gasteiger partial charge in [0.1, 0.15) is 12.3 Å². The van der Waals surface area contributed by atoms with E-state index >= 15 is 0 Å². The molecule has 0 aliphatic carbocycles. The third kappa shape index (κ3) is 6.32. The standard InChI is InChI=1S/C20H27N7O3.HI/c1-21-20(23-9-8-22-19(29)15-4-6-17(30-3)7-5-15)26-10-11-27(18(28)14-26)16-12-24-25(2)13-16;/h4-7,12-13H,8-11,14H2,1-3H3,(H,21,23)(H,22,29);1H. The van der Waals surface area contributed by atoms with Gasteiger partial charge in [-0.2, -0.15) is 5.10 Å². The summed E-state index contributed by atoms with van der Waals surface area (Å²) in [5.74, 6) is 1.17. The van der Waals surface area contributed by atoms with Crippen molar-refractivity contribution in [3.05, 3.63) is 42.2 Å². The molecule has 2 amide bonds. The second kappa shape index (κ2) is 11.5. The number of ether oxygens (including phenoxy) is 1. The number of carbonyl (C=O) groups excluding carboxylic acids is 2. The van der Waals surface area contributed by atoms with Gasteiger partial charge in [0.25, 0.3) is 5.91 Å². The number of methoxy groups -OCH3 is 1. The quantitative estimate of drug-likeness (QED) is 0.242. The summed E-state index contributed by atoms with van der Waals surface area (Å²) in [6, 6.07) is 6.93. The molecule has 10 nitrogen and oxygen atoms in total. The highest BCUT2D eigenvalue weighted by molar-refractivity contribution is 14.0. The third-order valence-corrected chi connectivity index (χ3v) is 4.78. The van der Waals surface area contributed by atoms with Crippen LogP contribution in [0.15, 0.2) is 41.7 Å². The number of anilines is 1. The Hall–Kier alpha value is -2.83. The van der Waals surface area contributed by atoms with E-state index < -0.39 is 0 Å². The molecular weight excluding hydrogens is 513 g/mol. The van der Waals surface area contributed by atoms with E-state index in [2.05, 4.69) is 20.7 Å². The van der Waals surface area contributed by atoms with E-state index in [4.69, 9.17) is 4.74 Å². The lowest BCUT2D eigenvalue weighted by atomic mass is 10.2. The van der Waals surface area contributed by atoms with Gasteiger partial charge in [-0.05, 0) is 24.3 Å². The maximum Gasteiger partial charge on any atom is 0.251 e. The molecule has 1 saturated heterocycles. The number of amides is 2. The molecule has 1 aromatic carbocycles. The van der Waals surface area contributed by atoms with Crippen molar-refractivity contribution in [3.8, 4) is 5.75 Å². The number of aliphatic imine (C=N–C) groups is 1. The van der Waals surface area contributed by atoms with Crippen LogP contribution < -0.4 is 20.3 Å². The number of aromatic nitrogens is 2. The third-order valence-electron chi connectivity index (χ3n) is 4.78. The molecule has 2 N–H and O–H groups in total. The monoisotopic (exact) mass is 541 g/mol. The van der Waals surface area contributed by atoms with Crippen molar-refractivity contribution in [1.29, 1.82) is 0 Å². The van der Waals surface area contributed by atoms with Crippen LogP contribution in [0.1, 0.15) is 10.4 Å². The van der Waals surface area contributed by atoms with Crippen molar-refractivity contribution in [1.82, 2.24) is 25.3 Å². The number of rotatable bonds is 6. The highest BCUT2D eigenvalue weighted by Gasteiger charge is 2.27. The summed E-state index contributed by atoms with van der Waals surface area (Å²) in [6.07, 6.45) is 3.51. The first kappa shape index (κ1) is 24.4. The number of nitrogens with one attached hydrogen (secondary N) is 2. The molecule has 0 spiro atoms. The number of carbonyl (C=O) groups is 2. The zero-order chi connectivity index (χ0) is 21.5. The van der Waals surface area contributed by atoms with E-state index in [9.17, 15) is 9.59 Å². The van der Waals surface area contributed by atoms with Gasteiger partial charge in [-0.3, -0.25) is 19.3 Å². The molecular formula is C20H28IN7O3. The normalized spacial score (nSPS) is 14.2. The second-order valence-electron chi connectivity index (χ2n) is 6.80. The van der Waals surface area contributed by atoms with Crippen LogP contribution in [0.25, 0.3) is 0 Å². The number of guanidine groups is 1. The minimum absolute atomic E-state index is 0. The van der Waals surface area contributed by atoms with Crippen molar-refractivity contribution >= 4 is 47.4 Å². The fourth-order valence-electron chi connectivity index (χ4n) is 3.20. The van der Waals surface area contributed by atoms with E-state index in [1.807, 2.05) is 18.1 Å². The highest BCUT2D eigenvalue weighted by Crippen LogP contribution is 2.16. The van der Waals surface area contributed by atoms with Gasteiger partial charge >= 0.3 is 0 Å². The zero-order valence-electron chi connectivity index (χ0n) is 17.9. The summed E-state index contributed by atoms with van der Waals surface area (Å²) in [5, 5.41) is 10.2. The first-order valence-electron chi connectivity index (χ1n) is 9.68. The lowest BCUT2D eigenvalue weighted by Gasteiger charge is -2.35. The molecule has 31 heavy (non-hydrogen) atoms. The van der Waals surface area contributed by atoms with Crippen LogP contribution in [0, 0.1) is 0 Å². The molecule has 0 radical (unpaired) electrons. The average Bonchev–Trinajstić information content (AvgIpc) is 3.19. The lowest BCUT2D eigenvalue weighted by molar-refractivity contribution is -0.120. The minimum atomic E-state index is -0.158. The lowest BCUT2D eigenvalue weighted by Crippen LogP contribution is -2.55.